The highest BCUT2D eigenvalue weighted by molar-refractivity contribution is 5.79. The summed E-state index contributed by atoms with van der Waals surface area (Å²) >= 11 is 0. The molecule has 0 unspecified atom stereocenters. The average molecular weight is 212 g/mol. The van der Waals surface area contributed by atoms with Crippen LogP contribution in [-0.4, -0.2) is 48.2 Å². The lowest BCUT2D eigenvalue weighted by atomic mass is 10.0. The van der Waals surface area contributed by atoms with Gasteiger partial charge in [0.05, 0.1) is 6.54 Å². The van der Waals surface area contributed by atoms with Gasteiger partial charge in [-0.25, -0.2) is 0 Å². The first-order valence-electron chi connectivity index (χ1n) is 5.91. The summed E-state index contributed by atoms with van der Waals surface area (Å²) in [5.41, 5.74) is 0. The van der Waals surface area contributed by atoms with Gasteiger partial charge in [-0.1, -0.05) is 12.8 Å². The third kappa shape index (κ3) is 2.69. The van der Waals surface area contributed by atoms with E-state index in [1.165, 1.54) is 25.7 Å². The Labute approximate surface area is 90.6 Å². The van der Waals surface area contributed by atoms with E-state index in [0.29, 0.717) is 18.5 Å². The van der Waals surface area contributed by atoms with Crippen LogP contribution in [0.15, 0.2) is 0 Å². The molecule has 1 saturated heterocycles. The minimum Gasteiger partial charge on any atom is -0.396 e. The number of carbonyl (C=O) groups is 1. The summed E-state index contributed by atoms with van der Waals surface area (Å²) in [6, 6.07) is 0.559. The summed E-state index contributed by atoms with van der Waals surface area (Å²) in [4.78, 5) is 13.4. The molecule has 2 rings (SSSR count). The molecule has 4 nitrogen and oxygen atoms in total. The van der Waals surface area contributed by atoms with Crippen LogP contribution in [0.2, 0.25) is 0 Å². The maximum Gasteiger partial charge on any atom is 0.236 e. The molecule has 4 heteroatoms. The molecule has 1 aliphatic heterocycles. The zero-order chi connectivity index (χ0) is 10.7. The lowest BCUT2D eigenvalue weighted by Crippen LogP contribution is -2.54. The van der Waals surface area contributed by atoms with Crippen LogP contribution in [0.5, 0.6) is 0 Å². The lowest BCUT2D eigenvalue weighted by molar-refractivity contribution is -0.137. The molecule has 0 spiro atoms. The lowest BCUT2D eigenvalue weighted by Gasteiger charge is -2.38. The first-order valence-corrected chi connectivity index (χ1v) is 5.91. The van der Waals surface area contributed by atoms with Gasteiger partial charge < -0.3 is 15.3 Å². The van der Waals surface area contributed by atoms with Crippen LogP contribution < -0.4 is 5.32 Å². The van der Waals surface area contributed by atoms with Gasteiger partial charge in [-0.15, -0.1) is 0 Å². The van der Waals surface area contributed by atoms with Crippen molar-refractivity contribution in [3.63, 3.8) is 0 Å². The van der Waals surface area contributed by atoms with Crippen LogP contribution in [-0.2, 0) is 4.79 Å². The minimum absolute atomic E-state index is 0.187. The molecule has 2 fully saturated rings. The molecule has 0 bridgehead atoms. The van der Waals surface area contributed by atoms with Crippen LogP contribution >= 0.6 is 0 Å². The first kappa shape index (κ1) is 10.9. The minimum atomic E-state index is 0.187. The summed E-state index contributed by atoms with van der Waals surface area (Å²) < 4.78 is 0. The molecule has 0 aromatic carbocycles. The molecule has 0 atom stereocenters. The Hall–Kier alpha value is -0.610. The number of hydrogen-bond acceptors (Lipinski definition) is 3. The number of nitrogens with one attached hydrogen (secondary N) is 1. The third-order valence-corrected chi connectivity index (χ3v) is 3.47. The monoisotopic (exact) mass is 212 g/mol. The van der Waals surface area contributed by atoms with E-state index in [-0.39, 0.29) is 12.5 Å². The van der Waals surface area contributed by atoms with Crippen molar-refractivity contribution in [3.8, 4) is 0 Å². The molecule has 1 amide bonds. The molecular formula is C11H20N2O2. The smallest absolute Gasteiger partial charge is 0.236 e. The summed E-state index contributed by atoms with van der Waals surface area (Å²) in [6.45, 7) is 2.16. The van der Waals surface area contributed by atoms with Gasteiger partial charge in [0.15, 0.2) is 0 Å². The topological polar surface area (TPSA) is 52.6 Å². The average Bonchev–Trinajstić information content (AvgIpc) is 2.65. The third-order valence-electron chi connectivity index (χ3n) is 3.47. The highest BCUT2D eigenvalue weighted by atomic mass is 16.3. The number of nitrogens with zero attached hydrogens (tertiary/aromatic N) is 1. The number of amides is 1. The molecule has 0 radical (unpaired) electrons. The quantitative estimate of drug-likeness (QED) is 0.688. The molecule has 86 valence electrons. The Balaban J connectivity index is 1.61. The normalized spacial score (nSPS) is 23.1. The zero-order valence-electron chi connectivity index (χ0n) is 9.11. The van der Waals surface area contributed by atoms with E-state index in [9.17, 15) is 4.79 Å². The van der Waals surface area contributed by atoms with E-state index in [2.05, 4.69) is 5.32 Å². The Morgan fingerprint density at radius 1 is 1.33 bits per heavy atom. The second kappa shape index (κ2) is 4.94. The molecule has 2 N–H and O–H groups in total. The van der Waals surface area contributed by atoms with Gasteiger partial charge in [0.2, 0.25) is 5.91 Å². The van der Waals surface area contributed by atoms with Crippen molar-refractivity contribution >= 4 is 5.91 Å². The Bertz CT molecular complexity index is 221. The van der Waals surface area contributed by atoms with Crippen molar-refractivity contribution in [1.29, 1.82) is 0 Å². The van der Waals surface area contributed by atoms with Crippen LogP contribution in [0, 0.1) is 5.92 Å². The molecule has 15 heavy (non-hydrogen) atoms. The van der Waals surface area contributed by atoms with E-state index in [4.69, 9.17) is 5.11 Å². The number of rotatable bonds is 4. The Morgan fingerprint density at radius 2 is 2.00 bits per heavy atom. The molecule has 0 aromatic heterocycles. The highest BCUT2D eigenvalue weighted by Gasteiger charge is 2.29. The van der Waals surface area contributed by atoms with Crippen molar-refractivity contribution in [1.82, 2.24) is 10.2 Å². The van der Waals surface area contributed by atoms with E-state index in [0.717, 1.165) is 13.1 Å². The summed E-state index contributed by atoms with van der Waals surface area (Å²) in [6.07, 6.45) is 5.02. The second-order valence-electron chi connectivity index (χ2n) is 4.71. The fourth-order valence-electron chi connectivity index (χ4n) is 2.36. The highest BCUT2D eigenvalue weighted by Crippen LogP contribution is 2.18. The van der Waals surface area contributed by atoms with Crippen LogP contribution in [0.3, 0.4) is 0 Å². The molecular weight excluding hydrogens is 192 g/mol. The number of carbonyl (C=O) groups excluding carboxylic acids is 1. The molecule has 1 aliphatic carbocycles. The van der Waals surface area contributed by atoms with Gasteiger partial charge in [0.1, 0.15) is 0 Å². The van der Waals surface area contributed by atoms with Gasteiger partial charge in [0, 0.05) is 31.7 Å². The summed E-state index contributed by atoms with van der Waals surface area (Å²) in [5.74, 6) is 0.507. The van der Waals surface area contributed by atoms with E-state index in [1.807, 2.05) is 4.90 Å². The molecule has 1 saturated carbocycles. The van der Waals surface area contributed by atoms with Crippen molar-refractivity contribution in [2.24, 2.45) is 5.92 Å². The Morgan fingerprint density at radius 3 is 2.60 bits per heavy atom. The van der Waals surface area contributed by atoms with Gasteiger partial charge in [-0.3, -0.25) is 4.79 Å². The Kier molecular flexibility index (Phi) is 3.59. The zero-order valence-corrected chi connectivity index (χ0v) is 9.11. The van der Waals surface area contributed by atoms with Gasteiger partial charge in [0.25, 0.3) is 0 Å². The van der Waals surface area contributed by atoms with Crippen molar-refractivity contribution in [2.75, 3.05) is 26.2 Å². The van der Waals surface area contributed by atoms with Gasteiger partial charge >= 0.3 is 0 Å². The first-order chi connectivity index (χ1) is 7.29. The summed E-state index contributed by atoms with van der Waals surface area (Å²) in [7, 11) is 0. The number of hydrogen-bond donors (Lipinski definition) is 2. The number of aliphatic hydroxyl groups is 1. The van der Waals surface area contributed by atoms with E-state index < -0.39 is 0 Å². The van der Waals surface area contributed by atoms with Crippen molar-refractivity contribution in [3.05, 3.63) is 0 Å². The standard InChI is InChI=1S/C11H20N2O2/c14-8-9-6-13(7-9)11(15)5-12-10-3-1-2-4-10/h9-10,12,14H,1-8H2. The van der Waals surface area contributed by atoms with Gasteiger partial charge in [-0.05, 0) is 12.8 Å². The van der Waals surface area contributed by atoms with Gasteiger partial charge in [-0.2, -0.15) is 0 Å². The van der Waals surface area contributed by atoms with E-state index >= 15 is 0 Å². The largest absolute Gasteiger partial charge is 0.396 e. The van der Waals surface area contributed by atoms with Crippen LogP contribution in [0.1, 0.15) is 25.7 Å². The van der Waals surface area contributed by atoms with Crippen LogP contribution in [0.25, 0.3) is 0 Å². The fourth-order valence-corrected chi connectivity index (χ4v) is 2.36. The molecule has 2 aliphatic rings. The van der Waals surface area contributed by atoms with Crippen molar-refractivity contribution in [2.45, 2.75) is 31.7 Å². The predicted molar refractivity (Wildman–Crippen MR) is 57.4 cm³/mol. The molecule has 0 aromatic rings. The van der Waals surface area contributed by atoms with Crippen molar-refractivity contribution < 1.29 is 9.90 Å². The number of aliphatic hydroxyl groups excluding tert-OH is 1. The maximum atomic E-state index is 11.6. The summed E-state index contributed by atoms with van der Waals surface area (Å²) in [5, 5.41) is 12.1. The van der Waals surface area contributed by atoms with Crippen LogP contribution in [0.4, 0.5) is 0 Å². The second-order valence-corrected chi connectivity index (χ2v) is 4.71. The SMILES string of the molecule is O=C(CNC1CCCC1)N1CC(CO)C1. The predicted octanol–water partition coefficient (Wildman–Crippen LogP) is -0.0307. The maximum absolute atomic E-state index is 11.6. The molecule has 1 heterocycles. The fraction of sp³-hybridized carbons (Fsp3) is 0.909. The van der Waals surface area contributed by atoms with E-state index in [1.54, 1.807) is 0 Å². The number of likely N-dealkylation sites (tertiary alicyclic amines) is 1.